The number of hydrogen-bond acceptors (Lipinski definition) is 4. The fraction of sp³-hybridized carbons (Fsp3) is 0. The van der Waals surface area contributed by atoms with Gasteiger partial charge in [0.15, 0.2) is 17.5 Å². The minimum Gasteiger partial charge on any atom is -0.456 e. The first-order chi connectivity index (χ1) is 28.3. The Bertz CT molecular complexity index is 3450. The largest absolute Gasteiger partial charge is 0.456 e. The molecule has 57 heavy (non-hydrogen) atoms. The average Bonchev–Trinajstić information content (AvgIpc) is 3.94. The van der Waals surface area contributed by atoms with Crippen molar-refractivity contribution in [3.8, 4) is 45.5 Å². The molecule has 0 unspecified atom stereocenters. The third-order valence-electron chi connectivity index (χ3n) is 11.2. The van der Waals surface area contributed by atoms with E-state index in [1.165, 1.54) is 27.1 Å². The van der Waals surface area contributed by atoms with Crippen LogP contribution in [0.25, 0.3) is 111 Å². The number of rotatable bonds is 5. The lowest BCUT2D eigenvalue weighted by Crippen LogP contribution is -2.00. The standard InChI is InChI=1S/C51H31N5O/c1-3-13-32(14-4-1)49-52-50(33-15-5-2-6-16-33)54-51(53-49)34-23-25-35(26-24-34)56-42-20-10-7-17-37(42)39-28-29-44-47(48(39)56)40-19-8-11-21-43(40)55(44)36-27-30-46-41(31-36)38-18-9-12-22-45(38)57-46/h1-31H. The number of nitrogens with zero attached hydrogens (tertiary/aromatic N) is 5. The van der Waals surface area contributed by atoms with Crippen LogP contribution in [0.3, 0.4) is 0 Å². The smallest absolute Gasteiger partial charge is 0.164 e. The number of fused-ring (bicyclic) bond motifs is 10. The van der Waals surface area contributed by atoms with Crippen molar-refractivity contribution >= 4 is 65.6 Å². The molecule has 0 saturated carbocycles. The van der Waals surface area contributed by atoms with Gasteiger partial charge < -0.3 is 13.6 Å². The van der Waals surface area contributed by atoms with E-state index in [0.29, 0.717) is 17.5 Å². The maximum atomic E-state index is 6.22. The highest BCUT2D eigenvalue weighted by molar-refractivity contribution is 6.26. The van der Waals surface area contributed by atoms with Crippen LogP contribution in [0.1, 0.15) is 0 Å². The monoisotopic (exact) mass is 729 g/mol. The van der Waals surface area contributed by atoms with Crippen LogP contribution < -0.4 is 0 Å². The number of benzene rings is 8. The molecular formula is C51H31N5O. The molecule has 6 heteroatoms. The molecule has 0 atom stereocenters. The van der Waals surface area contributed by atoms with Crippen LogP contribution in [0.4, 0.5) is 0 Å². The summed E-state index contributed by atoms with van der Waals surface area (Å²) in [6.45, 7) is 0. The Morgan fingerprint density at radius 3 is 1.54 bits per heavy atom. The first kappa shape index (κ1) is 31.5. The first-order valence-corrected chi connectivity index (χ1v) is 19.1. The molecule has 0 fully saturated rings. The lowest BCUT2D eigenvalue weighted by atomic mass is 10.1. The van der Waals surface area contributed by atoms with Gasteiger partial charge in [-0.2, -0.15) is 0 Å². The van der Waals surface area contributed by atoms with E-state index in [9.17, 15) is 0 Å². The maximum absolute atomic E-state index is 6.22. The van der Waals surface area contributed by atoms with Crippen LogP contribution in [-0.4, -0.2) is 24.1 Å². The van der Waals surface area contributed by atoms with Crippen LogP contribution >= 0.6 is 0 Å². The molecule has 4 heterocycles. The molecule has 266 valence electrons. The predicted octanol–water partition coefficient (Wildman–Crippen LogP) is 13.0. The highest BCUT2D eigenvalue weighted by Crippen LogP contribution is 2.43. The van der Waals surface area contributed by atoms with Gasteiger partial charge in [-0.15, -0.1) is 0 Å². The Kier molecular flexibility index (Phi) is 6.83. The molecule has 0 bridgehead atoms. The van der Waals surface area contributed by atoms with Gasteiger partial charge >= 0.3 is 0 Å². The molecule has 12 aromatic rings. The van der Waals surface area contributed by atoms with Gasteiger partial charge in [-0.05, 0) is 66.7 Å². The lowest BCUT2D eigenvalue weighted by molar-refractivity contribution is 0.669. The van der Waals surface area contributed by atoms with Gasteiger partial charge in [0, 0.05) is 60.4 Å². The van der Waals surface area contributed by atoms with E-state index in [0.717, 1.165) is 66.6 Å². The van der Waals surface area contributed by atoms with Gasteiger partial charge in [0.1, 0.15) is 11.2 Å². The van der Waals surface area contributed by atoms with Crippen LogP contribution in [0.5, 0.6) is 0 Å². The quantitative estimate of drug-likeness (QED) is 0.177. The number of furan rings is 1. The van der Waals surface area contributed by atoms with Crippen molar-refractivity contribution in [1.29, 1.82) is 0 Å². The van der Waals surface area contributed by atoms with Gasteiger partial charge in [0.05, 0.1) is 22.1 Å². The Balaban J connectivity index is 1.07. The summed E-state index contributed by atoms with van der Waals surface area (Å²) in [4.78, 5) is 14.9. The van der Waals surface area contributed by atoms with E-state index >= 15 is 0 Å². The molecule has 12 rings (SSSR count). The van der Waals surface area contributed by atoms with Crippen LogP contribution in [0.2, 0.25) is 0 Å². The van der Waals surface area contributed by atoms with Crippen molar-refractivity contribution in [2.45, 2.75) is 0 Å². The summed E-state index contributed by atoms with van der Waals surface area (Å²) in [5, 5.41) is 7.04. The molecule has 0 spiro atoms. The Labute approximate surface area is 326 Å². The number of aromatic nitrogens is 5. The van der Waals surface area contributed by atoms with E-state index in [1.54, 1.807) is 0 Å². The van der Waals surface area contributed by atoms with E-state index < -0.39 is 0 Å². The molecule has 0 radical (unpaired) electrons. The van der Waals surface area contributed by atoms with Crippen molar-refractivity contribution in [2.75, 3.05) is 0 Å². The number of hydrogen-bond donors (Lipinski definition) is 0. The van der Waals surface area contributed by atoms with Gasteiger partial charge in [-0.3, -0.25) is 0 Å². The summed E-state index contributed by atoms with van der Waals surface area (Å²) in [6.07, 6.45) is 0. The van der Waals surface area contributed by atoms with E-state index in [1.807, 2.05) is 72.8 Å². The summed E-state index contributed by atoms with van der Waals surface area (Å²) in [6, 6.07) is 65.6. The lowest BCUT2D eigenvalue weighted by Gasteiger charge is -2.12. The van der Waals surface area contributed by atoms with Crippen molar-refractivity contribution in [3.63, 3.8) is 0 Å². The summed E-state index contributed by atoms with van der Waals surface area (Å²) in [7, 11) is 0. The summed E-state index contributed by atoms with van der Waals surface area (Å²) in [5.74, 6) is 1.92. The van der Waals surface area contributed by atoms with Crippen molar-refractivity contribution in [1.82, 2.24) is 24.1 Å². The molecule has 6 nitrogen and oxygen atoms in total. The molecule has 0 aliphatic rings. The molecule has 0 aliphatic heterocycles. The normalized spacial score (nSPS) is 11.9. The highest BCUT2D eigenvalue weighted by atomic mass is 16.3. The summed E-state index contributed by atoms with van der Waals surface area (Å²) < 4.78 is 11.0. The van der Waals surface area contributed by atoms with Crippen LogP contribution in [0.15, 0.2) is 192 Å². The third-order valence-corrected chi connectivity index (χ3v) is 11.2. The van der Waals surface area contributed by atoms with E-state index in [4.69, 9.17) is 19.4 Å². The fourth-order valence-corrected chi connectivity index (χ4v) is 8.61. The van der Waals surface area contributed by atoms with Crippen LogP contribution in [-0.2, 0) is 0 Å². The minimum atomic E-state index is 0.629. The average molecular weight is 730 g/mol. The molecule has 0 amide bonds. The Morgan fingerprint density at radius 1 is 0.333 bits per heavy atom. The van der Waals surface area contributed by atoms with Gasteiger partial charge in [-0.25, -0.2) is 15.0 Å². The second-order valence-electron chi connectivity index (χ2n) is 14.4. The van der Waals surface area contributed by atoms with Crippen molar-refractivity contribution < 1.29 is 4.42 Å². The van der Waals surface area contributed by atoms with Crippen LogP contribution in [0, 0.1) is 0 Å². The molecule has 0 aliphatic carbocycles. The molecule has 8 aromatic carbocycles. The van der Waals surface area contributed by atoms with Gasteiger partial charge in [0.2, 0.25) is 0 Å². The predicted molar refractivity (Wildman–Crippen MR) is 232 cm³/mol. The molecular weight excluding hydrogens is 699 g/mol. The second-order valence-corrected chi connectivity index (χ2v) is 14.4. The van der Waals surface area contributed by atoms with Gasteiger partial charge in [-0.1, -0.05) is 121 Å². The fourth-order valence-electron chi connectivity index (χ4n) is 8.61. The zero-order valence-electron chi connectivity index (χ0n) is 30.5. The summed E-state index contributed by atoms with van der Waals surface area (Å²) >= 11 is 0. The minimum absolute atomic E-state index is 0.629. The molecule has 0 saturated heterocycles. The zero-order valence-corrected chi connectivity index (χ0v) is 30.5. The highest BCUT2D eigenvalue weighted by Gasteiger charge is 2.22. The Morgan fingerprint density at radius 2 is 0.860 bits per heavy atom. The maximum Gasteiger partial charge on any atom is 0.164 e. The zero-order chi connectivity index (χ0) is 37.5. The van der Waals surface area contributed by atoms with Crippen molar-refractivity contribution in [2.24, 2.45) is 0 Å². The van der Waals surface area contributed by atoms with E-state index in [-0.39, 0.29) is 0 Å². The summed E-state index contributed by atoms with van der Waals surface area (Å²) in [5.41, 5.74) is 11.3. The first-order valence-electron chi connectivity index (χ1n) is 19.1. The second kappa shape index (κ2) is 12.3. The molecule has 4 aromatic heterocycles. The topological polar surface area (TPSA) is 61.7 Å². The SMILES string of the molecule is c1ccc(-c2nc(-c3ccccc3)nc(-c3ccc(-n4c5ccccc5c5ccc6c(c7ccccc7n6-c6ccc7oc8ccccc8c7c6)c54)cc3)n2)cc1. The third kappa shape index (κ3) is 4.87. The van der Waals surface area contributed by atoms with Gasteiger partial charge in [0.25, 0.3) is 0 Å². The molecule has 0 N–H and O–H groups in total. The number of para-hydroxylation sites is 3. The van der Waals surface area contributed by atoms with E-state index in [2.05, 4.69) is 124 Å². The van der Waals surface area contributed by atoms with Crippen molar-refractivity contribution in [3.05, 3.63) is 188 Å². The Hall–Kier alpha value is -7.83.